The molecular formula is C21H18N2O5. The van der Waals surface area contributed by atoms with Crippen molar-refractivity contribution in [2.75, 3.05) is 13.9 Å². The quantitative estimate of drug-likeness (QED) is 0.662. The smallest absolute Gasteiger partial charge is 0.244 e. The van der Waals surface area contributed by atoms with Crippen LogP contribution in [0.2, 0.25) is 0 Å². The van der Waals surface area contributed by atoms with Gasteiger partial charge in [-0.1, -0.05) is 23.4 Å². The standard InChI is InChI=1S/C21H18N2O5/c1-25-17-4-2-3-15(10-17)19-11-16(23-28-19)12-22-21(24)8-6-14-5-7-18-20(9-14)27-13-26-18/h2-11H,12-13H2,1H3,(H,22,24)/b8-6-. The van der Waals surface area contributed by atoms with E-state index in [2.05, 4.69) is 10.5 Å². The van der Waals surface area contributed by atoms with Gasteiger partial charge in [0.25, 0.3) is 0 Å². The van der Waals surface area contributed by atoms with Crippen LogP contribution in [-0.2, 0) is 11.3 Å². The number of amides is 1. The Balaban J connectivity index is 1.34. The maximum atomic E-state index is 12.1. The normalized spacial score (nSPS) is 12.3. The van der Waals surface area contributed by atoms with E-state index in [1.807, 2.05) is 42.5 Å². The van der Waals surface area contributed by atoms with Crippen LogP contribution in [-0.4, -0.2) is 25.0 Å². The largest absolute Gasteiger partial charge is 0.497 e. The van der Waals surface area contributed by atoms with Crippen LogP contribution >= 0.6 is 0 Å². The van der Waals surface area contributed by atoms with Gasteiger partial charge in [0.1, 0.15) is 11.4 Å². The molecule has 0 saturated heterocycles. The van der Waals surface area contributed by atoms with E-state index in [4.69, 9.17) is 18.7 Å². The van der Waals surface area contributed by atoms with Gasteiger partial charge < -0.3 is 24.1 Å². The second-order valence-corrected chi connectivity index (χ2v) is 6.08. The van der Waals surface area contributed by atoms with E-state index in [1.165, 1.54) is 6.08 Å². The summed E-state index contributed by atoms with van der Waals surface area (Å²) in [4.78, 5) is 12.1. The van der Waals surface area contributed by atoms with Gasteiger partial charge in [-0.25, -0.2) is 0 Å². The molecule has 7 nitrogen and oxygen atoms in total. The minimum Gasteiger partial charge on any atom is -0.497 e. The third kappa shape index (κ3) is 3.98. The van der Waals surface area contributed by atoms with E-state index < -0.39 is 0 Å². The summed E-state index contributed by atoms with van der Waals surface area (Å²) < 4.78 is 21.1. The predicted molar refractivity (Wildman–Crippen MR) is 102 cm³/mol. The van der Waals surface area contributed by atoms with E-state index >= 15 is 0 Å². The van der Waals surface area contributed by atoms with Crippen LogP contribution in [0.1, 0.15) is 11.3 Å². The van der Waals surface area contributed by atoms with Crippen molar-refractivity contribution in [1.82, 2.24) is 10.5 Å². The van der Waals surface area contributed by atoms with Crippen LogP contribution in [0.5, 0.6) is 17.2 Å². The summed E-state index contributed by atoms with van der Waals surface area (Å²) in [6, 6.07) is 14.8. The van der Waals surface area contributed by atoms with E-state index in [9.17, 15) is 4.79 Å². The molecule has 142 valence electrons. The Morgan fingerprint density at radius 1 is 1.18 bits per heavy atom. The maximum Gasteiger partial charge on any atom is 0.244 e. The van der Waals surface area contributed by atoms with Crippen LogP contribution in [0.3, 0.4) is 0 Å². The van der Waals surface area contributed by atoms with Crippen molar-refractivity contribution in [3.63, 3.8) is 0 Å². The van der Waals surface area contributed by atoms with Crippen LogP contribution in [0, 0.1) is 0 Å². The van der Waals surface area contributed by atoms with Crippen molar-refractivity contribution in [3.05, 3.63) is 65.9 Å². The van der Waals surface area contributed by atoms with Gasteiger partial charge in [-0.2, -0.15) is 0 Å². The molecule has 2 heterocycles. The van der Waals surface area contributed by atoms with Crippen molar-refractivity contribution in [2.45, 2.75) is 6.54 Å². The zero-order valence-corrected chi connectivity index (χ0v) is 15.2. The minimum absolute atomic E-state index is 0.221. The Morgan fingerprint density at radius 3 is 2.96 bits per heavy atom. The number of rotatable bonds is 6. The third-order valence-electron chi connectivity index (χ3n) is 4.18. The zero-order valence-electron chi connectivity index (χ0n) is 15.2. The van der Waals surface area contributed by atoms with E-state index in [0.717, 1.165) is 16.9 Å². The molecule has 7 heteroatoms. The van der Waals surface area contributed by atoms with Crippen molar-refractivity contribution in [1.29, 1.82) is 0 Å². The van der Waals surface area contributed by atoms with Crippen LogP contribution in [0.25, 0.3) is 17.4 Å². The predicted octanol–water partition coefficient (Wildman–Crippen LogP) is 3.41. The number of carbonyl (C=O) groups is 1. The monoisotopic (exact) mass is 378 g/mol. The van der Waals surface area contributed by atoms with Gasteiger partial charge >= 0.3 is 0 Å². The Bertz CT molecular complexity index is 1030. The van der Waals surface area contributed by atoms with Crippen LogP contribution < -0.4 is 19.5 Å². The topological polar surface area (TPSA) is 82.8 Å². The second-order valence-electron chi connectivity index (χ2n) is 6.08. The average Bonchev–Trinajstić information content (AvgIpc) is 3.39. The van der Waals surface area contributed by atoms with Gasteiger partial charge in [0.05, 0.1) is 13.7 Å². The van der Waals surface area contributed by atoms with Crippen LogP contribution in [0.15, 0.2) is 59.1 Å². The first-order valence-electron chi connectivity index (χ1n) is 8.67. The lowest BCUT2D eigenvalue weighted by Gasteiger charge is -2.00. The molecule has 1 N–H and O–H groups in total. The number of hydrogen-bond donors (Lipinski definition) is 1. The lowest BCUT2D eigenvalue weighted by Crippen LogP contribution is -2.20. The fourth-order valence-electron chi connectivity index (χ4n) is 2.73. The van der Waals surface area contributed by atoms with Crippen molar-refractivity contribution >= 4 is 12.0 Å². The summed E-state index contributed by atoms with van der Waals surface area (Å²) in [6.07, 6.45) is 3.17. The first-order chi connectivity index (χ1) is 13.7. The van der Waals surface area contributed by atoms with Gasteiger partial charge in [-0.15, -0.1) is 0 Å². The summed E-state index contributed by atoms with van der Waals surface area (Å²) in [5.41, 5.74) is 2.33. The molecule has 0 saturated carbocycles. The van der Waals surface area contributed by atoms with Crippen molar-refractivity contribution in [3.8, 4) is 28.6 Å². The van der Waals surface area contributed by atoms with Gasteiger partial charge in [-0.3, -0.25) is 4.79 Å². The number of benzene rings is 2. The zero-order chi connectivity index (χ0) is 19.3. The van der Waals surface area contributed by atoms with Crippen LogP contribution in [0.4, 0.5) is 0 Å². The molecular weight excluding hydrogens is 360 g/mol. The fourth-order valence-corrected chi connectivity index (χ4v) is 2.73. The van der Waals surface area contributed by atoms with Crippen molar-refractivity contribution < 1.29 is 23.5 Å². The molecule has 4 rings (SSSR count). The minimum atomic E-state index is -0.233. The maximum absolute atomic E-state index is 12.1. The molecule has 28 heavy (non-hydrogen) atoms. The molecule has 0 aliphatic carbocycles. The summed E-state index contributed by atoms with van der Waals surface area (Å²) in [5, 5.41) is 6.77. The number of nitrogens with zero attached hydrogens (tertiary/aromatic N) is 1. The number of methoxy groups -OCH3 is 1. The molecule has 3 aromatic rings. The molecule has 0 atom stereocenters. The molecule has 0 radical (unpaired) electrons. The first kappa shape index (κ1) is 17.7. The molecule has 1 aromatic heterocycles. The Labute approximate surface area is 161 Å². The van der Waals surface area contributed by atoms with Gasteiger partial charge in [0.15, 0.2) is 17.3 Å². The summed E-state index contributed by atoms with van der Waals surface area (Å²) in [6.45, 7) is 0.482. The highest BCUT2D eigenvalue weighted by molar-refractivity contribution is 5.91. The van der Waals surface area contributed by atoms with Gasteiger partial charge in [-0.05, 0) is 35.9 Å². The fraction of sp³-hybridized carbons (Fsp3) is 0.143. The van der Waals surface area contributed by atoms with E-state index in [-0.39, 0.29) is 19.2 Å². The SMILES string of the molecule is COc1cccc(-c2cc(CNC(=O)/C=C\c3ccc4c(c3)OCO4)no2)c1. The highest BCUT2D eigenvalue weighted by Crippen LogP contribution is 2.32. The van der Waals surface area contributed by atoms with Crippen molar-refractivity contribution in [2.24, 2.45) is 0 Å². The summed E-state index contributed by atoms with van der Waals surface area (Å²) in [7, 11) is 1.61. The van der Waals surface area contributed by atoms with Gasteiger partial charge in [0, 0.05) is 17.7 Å². The second kappa shape index (κ2) is 7.87. The van der Waals surface area contributed by atoms with E-state index in [1.54, 1.807) is 19.3 Å². The molecule has 0 unspecified atom stereocenters. The number of carbonyl (C=O) groups excluding carboxylic acids is 1. The first-order valence-corrected chi connectivity index (χ1v) is 8.67. The Hall–Kier alpha value is -3.74. The molecule has 0 fully saturated rings. The third-order valence-corrected chi connectivity index (χ3v) is 4.18. The molecule has 0 spiro atoms. The number of fused-ring (bicyclic) bond motifs is 1. The lowest BCUT2D eigenvalue weighted by molar-refractivity contribution is -0.116. The van der Waals surface area contributed by atoms with Gasteiger partial charge in [0.2, 0.25) is 12.7 Å². The number of nitrogens with one attached hydrogen (secondary N) is 1. The average molecular weight is 378 g/mol. The highest BCUT2D eigenvalue weighted by Gasteiger charge is 2.12. The molecule has 1 amide bonds. The molecule has 2 aromatic carbocycles. The summed E-state index contributed by atoms with van der Waals surface area (Å²) >= 11 is 0. The van der Waals surface area contributed by atoms with E-state index in [0.29, 0.717) is 23.0 Å². The number of ether oxygens (including phenoxy) is 3. The molecule has 0 bridgehead atoms. The molecule has 1 aliphatic rings. The summed E-state index contributed by atoms with van der Waals surface area (Å²) in [5.74, 6) is 2.50. The number of hydrogen-bond acceptors (Lipinski definition) is 6. The Kier molecular flexibility index (Phi) is 4.97. The number of aromatic nitrogens is 1. The lowest BCUT2D eigenvalue weighted by atomic mass is 10.1. The Morgan fingerprint density at radius 2 is 2.07 bits per heavy atom. The highest BCUT2D eigenvalue weighted by atomic mass is 16.7. The molecule has 1 aliphatic heterocycles.